The number of amides is 1. The van der Waals surface area contributed by atoms with Gasteiger partial charge in [0.05, 0.1) is 0 Å². The van der Waals surface area contributed by atoms with Crippen molar-refractivity contribution < 1.29 is 4.79 Å². The van der Waals surface area contributed by atoms with Crippen molar-refractivity contribution in [2.24, 2.45) is 0 Å². The second kappa shape index (κ2) is 10.6. The Morgan fingerprint density at radius 1 is 1.15 bits per heavy atom. The molecule has 0 atom stereocenters. The lowest BCUT2D eigenvalue weighted by Crippen LogP contribution is -2.35. The normalized spacial score (nSPS) is 10.9. The minimum absolute atomic E-state index is 0.132. The van der Waals surface area contributed by atoms with Gasteiger partial charge in [0.2, 0.25) is 5.91 Å². The van der Waals surface area contributed by atoms with E-state index in [4.69, 9.17) is 0 Å². The first kappa shape index (κ1) is 19.9. The maximum Gasteiger partial charge on any atom is 0.228 e. The molecule has 26 heavy (non-hydrogen) atoms. The largest absolute Gasteiger partial charge is 0.345 e. The van der Waals surface area contributed by atoms with Gasteiger partial charge in [0, 0.05) is 43.2 Å². The Bertz CT molecular complexity index is 658. The molecule has 2 rings (SSSR count). The van der Waals surface area contributed by atoms with Crippen molar-refractivity contribution in [1.82, 2.24) is 14.9 Å². The number of imidazole rings is 1. The van der Waals surface area contributed by atoms with Gasteiger partial charge in [-0.05, 0) is 50.2 Å². The number of anilines is 1. The Morgan fingerprint density at radius 2 is 1.85 bits per heavy atom. The molecule has 0 bridgehead atoms. The number of hydrogen-bond donors (Lipinski definition) is 1. The molecule has 5 nitrogen and oxygen atoms in total. The number of carbonyl (C=O) groups is 1. The van der Waals surface area contributed by atoms with Gasteiger partial charge in [0.1, 0.15) is 5.82 Å². The van der Waals surface area contributed by atoms with Crippen LogP contribution in [0.4, 0.5) is 5.69 Å². The van der Waals surface area contributed by atoms with E-state index >= 15 is 0 Å². The zero-order chi connectivity index (χ0) is 18.8. The summed E-state index contributed by atoms with van der Waals surface area (Å²) in [4.78, 5) is 24.3. The third kappa shape index (κ3) is 5.56. The van der Waals surface area contributed by atoms with Gasteiger partial charge in [-0.1, -0.05) is 19.9 Å². The van der Waals surface area contributed by atoms with Crippen LogP contribution in [0.3, 0.4) is 0 Å². The summed E-state index contributed by atoms with van der Waals surface area (Å²) in [6.45, 7) is 11.6. The summed E-state index contributed by atoms with van der Waals surface area (Å²) in [7, 11) is 0. The molecular formula is C21H30N4O. The summed E-state index contributed by atoms with van der Waals surface area (Å²) in [5.41, 5.74) is 1.89. The molecule has 1 aromatic heterocycles. The monoisotopic (exact) mass is 354 g/mol. The van der Waals surface area contributed by atoms with Crippen LogP contribution in [-0.4, -0.2) is 47.0 Å². The molecule has 0 unspecified atom stereocenters. The number of aromatic amines is 1. The summed E-state index contributed by atoms with van der Waals surface area (Å²) in [6, 6.07) is 7.90. The van der Waals surface area contributed by atoms with Gasteiger partial charge in [-0.3, -0.25) is 4.79 Å². The molecule has 1 aromatic carbocycles. The smallest absolute Gasteiger partial charge is 0.228 e. The van der Waals surface area contributed by atoms with E-state index in [0.717, 1.165) is 49.6 Å². The highest BCUT2D eigenvalue weighted by Crippen LogP contribution is 2.21. The van der Waals surface area contributed by atoms with Crippen molar-refractivity contribution in [2.75, 3.05) is 31.1 Å². The molecule has 0 aliphatic carbocycles. The average molecular weight is 354 g/mol. The molecule has 1 heterocycles. The highest BCUT2D eigenvalue weighted by atomic mass is 16.2. The first-order chi connectivity index (χ1) is 12.7. The van der Waals surface area contributed by atoms with Crippen LogP contribution in [-0.2, 0) is 4.79 Å². The lowest BCUT2D eigenvalue weighted by molar-refractivity contribution is -0.118. The number of aromatic nitrogens is 2. The van der Waals surface area contributed by atoms with E-state index in [-0.39, 0.29) is 5.91 Å². The number of benzene rings is 1. The Hall–Kier alpha value is -2.40. The van der Waals surface area contributed by atoms with Crippen LogP contribution in [0.25, 0.3) is 11.4 Å². The van der Waals surface area contributed by atoms with Crippen molar-refractivity contribution in [3.05, 3.63) is 49.3 Å². The zero-order valence-electron chi connectivity index (χ0n) is 15.9. The third-order valence-corrected chi connectivity index (χ3v) is 4.28. The molecule has 0 aliphatic heterocycles. The summed E-state index contributed by atoms with van der Waals surface area (Å²) in [5, 5.41) is 0. The molecule has 0 aliphatic rings. The molecule has 5 heteroatoms. The maximum absolute atomic E-state index is 12.8. The van der Waals surface area contributed by atoms with Crippen molar-refractivity contribution in [3.8, 4) is 11.4 Å². The van der Waals surface area contributed by atoms with Crippen LogP contribution < -0.4 is 4.90 Å². The fraction of sp³-hybridized carbons (Fsp3) is 0.429. The quantitative estimate of drug-likeness (QED) is 0.618. The Kier molecular flexibility index (Phi) is 8.09. The van der Waals surface area contributed by atoms with Crippen molar-refractivity contribution in [2.45, 2.75) is 33.1 Å². The minimum atomic E-state index is 0.132. The van der Waals surface area contributed by atoms with Crippen molar-refractivity contribution >= 4 is 11.6 Å². The van der Waals surface area contributed by atoms with Crippen LogP contribution >= 0.6 is 0 Å². The van der Waals surface area contributed by atoms with E-state index in [0.29, 0.717) is 13.0 Å². The minimum Gasteiger partial charge on any atom is -0.345 e. The molecule has 140 valence electrons. The van der Waals surface area contributed by atoms with Crippen LogP contribution in [0.15, 0.2) is 49.3 Å². The first-order valence-corrected chi connectivity index (χ1v) is 9.43. The SMILES string of the molecule is C=CCN(C(=O)CCN(CCC)CCC)c1ccc(-c2ncc[nH]2)cc1. The molecule has 0 fully saturated rings. The van der Waals surface area contributed by atoms with Gasteiger partial charge >= 0.3 is 0 Å². The third-order valence-electron chi connectivity index (χ3n) is 4.28. The van der Waals surface area contributed by atoms with Gasteiger partial charge in [0.25, 0.3) is 0 Å². The van der Waals surface area contributed by atoms with Gasteiger partial charge in [-0.25, -0.2) is 4.98 Å². The fourth-order valence-corrected chi connectivity index (χ4v) is 3.06. The summed E-state index contributed by atoms with van der Waals surface area (Å²) >= 11 is 0. The molecule has 0 spiro atoms. The summed E-state index contributed by atoms with van der Waals surface area (Å²) < 4.78 is 0. The maximum atomic E-state index is 12.8. The Balaban J connectivity index is 2.04. The topological polar surface area (TPSA) is 52.2 Å². The number of nitrogens with one attached hydrogen (secondary N) is 1. The molecule has 0 radical (unpaired) electrons. The van der Waals surface area contributed by atoms with E-state index < -0.39 is 0 Å². The second-order valence-corrected chi connectivity index (χ2v) is 6.37. The highest BCUT2D eigenvalue weighted by Gasteiger charge is 2.16. The first-order valence-electron chi connectivity index (χ1n) is 9.43. The molecule has 2 aromatic rings. The van der Waals surface area contributed by atoms with Gasteiger partial charge in [-0.15, -0.1) is 6.58 Å². The predicted molar refractivity (Wildman–Crippen MR) is 108 cm³/mol. The lowest BCUT2D eigenvalue weighted by atomic mass is 10.1. The number of hydrogen-bond acceptors (Lipinski definition) is 3. The van der Waals surface area contributed by atoms with E-state index in [1.54, 1.807) is 23.4 Å². The lowest BCUT2D eigenvalue weighted by Gasteiger charge is -2.25. The molecular weight excluding hydrogens is 324 g/mol. The molecule has 0 saturated carbocycles. The zero-order valence-corrected chi connectivity index (χ0v) is 15.9. The number of carbonyl (C=O) groups excluding carboxylic acids is 1. The molecule has 1 N–H and O–H groups in total. The summed E-state index contributed by atoms with van der Waals surface area (Å²) in [5.74, 6) is 0.959. The van der Waals surface area contributed by atoms with Crippen molar-refractivity contribution in [1.29, 1.82) is 0 Å². The van der Waals surface area contributed by atoms with Crippen LogP contribution in [0.1, 0.15) is 33.1 Å². The number of H-pyrrole nitrogens is 1. The van der Waals surface area contributed by atoms with Crippen LogP contribution in [0.2, 0.25) is 0 Å². The van der Waals surface area contributed by atoms with Gasteiger partial charge < -0.3 is 14.8 Å². The van der Waals surface area contributed by atoms with Gasteiger partial charge in [0.15, 0.2) is 0 Å². The predicted octanol–water partition coefficient (Wildman–Crippen LogP) is 4.11. The molecule has 1 amide bonds. The fourth-order valence-electron chi connectivity index (χ4n) is 3.06. The summed E-state index contributed by atoms with van der Waals surface area (Å²) in [6.07, 6.45) is 8.05. The number of rotatable bonds is 11. The second-order valence-electron chi connectivity index (χ2n) is 6.37. The Labute approximate surface area is 156 Å². The van der Waals surface area contributed by atoms with Crippen LogP contribution in [0.5, 0.6) is 0 Å². The van der Waals surface area contributed by atoms with E-state index in [1.807, 2.05) is 24.3 Å². The van der Waals surface area contributed by atoms with Gasteiger partial charge in [-0.2, -0.15) is 0 Å². The van der Waals surface area contributed by atoms with E-state index in [9.17, 15) is 4.79 Å². The Morgan fingerprint density at radius 3 is 2.38 bits per heavy atom. The highest BCUT2D eigenvalue weighted by molar-refractivity contribution is 5.93. The molecule has 0 saturated heterocycles. The standard InChI is InChI=1S/C21H30N4O/c1-4-14-24(15-5-2)17-11-20(26)25(16-6-3)19-9-7-18(8-10-19)21-22-12-13-23-21/h6-10,12-13H,3-5,11,14-17H2,1-2H3,(H,22,23). The van der Waals surface area contributed by atoms with E-state index in [2.05, 4.69) is 35.3 Å². The van der Waals surface area contributed by atoms with Crippen LogP contribution in [0, 0.1) is 0 Å². The number of nitrogens with zero attached hydrogens (tertiary/aromatic N) is 3. The average Bonchev–Trinajstić information content (AvgIpc) is 3.19. The van der Waals surface area contributed by atoms with E-state index in [1.165, 1.54) is 0 Å². The van der Waals surface area contributed by atoms with Crippen molar-refractivity contribution in [3.63, 3.8) is 0 Å².